The fourth-order valence-corrected chi connectivity index (χ4v) is 10.4. The molecule has 11 aromatic carbocycles. The summed E-state index contributed by atoms with van der Waals surface area (Å²) < 4.78 is 2.43. The van der Waals surface area contributed by atoms with Crippen molar-refractivity contribution in [3.8, 4) is 61.5 Å². The van der Waals surface area contributed by atoms with Crippen molar-refractivity contribution < 1.29 is 0 Å². The number of benzene rings is 11. The SMILES string of the molecule is c1ccc(-c2c(-c3ccc(N(c4ccc(-c5ccc6ccc7ccccc7c6c5)cc4)c4ccc5c(c4)-c4cccc6cccc-5c46)cc3)n(-c3ccccc3)c3ccccc23)cc1. The van der Waals surface area contributed by atoms with Gasteiger partial charge < -0.3 is 9.47 Å². The Labute approximate surface area is 372 Å². The number of hydrogen-bond acceptors (Lipinski definition) is 1. The minimum Gasteiger partial charge on any atom is -0.310 e. The van der Waals surface area contributed by atoms with Crippen molar-refractivity contribution in [1.29, 1.82) is 0 Å². The van der Waals surface area contributed by atoms with E-state index in [1.807, 2.05) is 0 Å². The van der Waals surface area contributed by atoms with Gasteiger partial charge >= 0.3 is 0 Å². The van der Waals surface area contributed by atoms with Gasteiger partial charge in [-0.1, -0.05) is 182 Å². The summed E-state index contributed by atoms with van der Waals surface area (Å²) in [5, 5.41) is 8.91. The Balaban J connectivity index is 0.969. The molecule has 0 fully saturated rings. The van der Waals surface area contributed by atoms with Crippen LogP contribution in [0.2, 0.25) is 0 Å². The first kappa shape index (κ1) is 36.2. The van der Waals surface area contributed by atoms with Crippen LogP contribution in [0, 0.1) is 0 Å². The smallest absolute Gasteiger partial charge is 0.0619 e. The van der Waals surface area contributed by atoms with Crippen LogP contribution in [-0.2, 0) is 0 Å². The predicted molar refractivity (Wildman–Crippen MR) is 271 cm³/mol. The maximum atomic E-state index is 2.43. The highest BCUT2D eigenvalue weighted by Gasteiger charge is 2.25. The molecule has 0 bridgehead atoms. The van der Waals surface area contributed by atoms with Crippen LogP contribution in [0.4, 0.5) is 17.1 Å². The first-order chi connectivity index (χ1) is 31.7. The zero-order valence-corrected chi connectivity index (χ0v) is 35.0. The summed E-state index contributed by atoms with van der Waals surface area (Å²) in [5.74, 6) is 0. The summed E-state index contributed by atoms with van der Waals surface area (Å²) in [6.07, 6.45) is 0. The van der Waals surface area contributed by atoms with Crippen LogP contribution in [0.3, 0.4) is 0 Å². The van der Waals surface area contributed by atoms with Crippen molar-refractivity contribution in [2.75, 3.05) is 4.90 Å². The average molecular weight is 813 g/mol. The molecule has 13 rings (SSSR count). The summed E-state index contributed by atoms with van der Waals surface area (Å²) in [7, 11) is 0. The van der Waals surface area contributed by atoms with Gasteiger partial charge in [-0.3, -0.25) is 0 Å². The third-order valence-corrected chi connectivity index (χ3v) is 13.3. The van der Waals surface area contributed by atoms with E-state index in [4.69, 9.17) is 0 Å². The highest BCUT2D eigenvalue weighted by atomic mass is 15.1. The molecule has 0 N–H and O–H groups in total. The lowest BCUT2D eigenvalue weighted by Gasteiger charge is -2.27. The van der Waals surface area contributed by atoms with E-state index in [9.17, 15) is 0 Å². The largest absolute Gasteiger partial charge is 0.310 e. The average Bonchev–Trinajstić information content (AvgIpc) is 3.89. The Kier molecular flexibility index (Phi) is 8.25. The summed E-state index contributed by atoms with van der Waals surface area (Å²) in [4.78, 5) is 2.41. The van der Waals surface area contributed by atoms with E-state index in [2.05, 4.69) is 252 Å². The van der Waals surface area contributed by atoms with Gasteiger partial charge in [-0.25, -0.2) is 0 Å². The second-order valence-corrected chi connectivity index (χ2v) is 16.9. The maximum Gasteiger partial charge on any atom is 0.0619 e. The molecule has 2 nitrogen and oxygen atoms in total. The molecule has 0 spiro atoms. The molecule has 0 atom stereocenters. The van der Waals surface area contributed by atoms with Crippen molar-refractivity contribution in [2.24, 2.45) is 0 Å². The number of nitrogens with zero attached hydrogens (tertiary/aromatic N) is 2. The van der Waals surface area contributed by atoms with Gasteiger partial charge in [0, 0.05) is 33.7 Å². The predicted octanol–water partition coefficient (Wildman–Crippen LogP) is 17.2. The van der Waals surface area contributed by atoms with Crippen LogP contribution in [-0.4, -0.2) is 4.57 Å². The molecule has 0 saturated heterocycles. The van der Waals surface area contributed by atoms with Crippen molar-refractivity contribution in [3.05, 3.63) is 243 Å². The number of fused-ring (bicyclic) bond motifs is 7. The molecule has 1 aliphatic rings. The van der Waals surface area contributed by atoms with Crippen LogP contribution in [0.5, 0.6) is 0 Å². The topological polar surface area (TPSA) is 8.17 Å². The molecule has 0 aliphatic heterocycles. The molecule has 1 heterocycles. The lowest BCUT2D eigenvalue weighted by molar-refractivity contribution is 1.13. The molecular formula is C62H40N2. The zero-order chi connectivity index (χ0) is 42.1. The second-order valence-electron chi connectivity index (χ2n) is 16.9. The van der Waals surface area contributed by atoms with E-state index in [1.165, 1.54) is 93.4 Å². The molecular weight excluding hydrogens is 773 g/mol. The van der Waals surface area contributed by atoms with Crippen LogP contribution >= 0.6 is 0 Å². The van der Waals surface area contributed by atoms with Gasteiger partial charge in [0.25, 0.3) is 0 Å². The van der Waals surface area contributed by atoms with E-state index in [0.29, 0.717) is 0 Å². The van der Waals surface area contributed by atoms with Crippen molar-refractivity contribution in [1.82, 2.24) is 4.57 Å². The third-order valence-electron chi connectivity index (χ3n) is 13.3. The molecule has 12 aromatic rings. The number of hydrogen-bond donors (Lipinski definition) is 0. The first-order valence-corrected chi connectivity index (χ1v) is 22.1. The monoisotopic (exact) mass is 812 g/mol. The van der Waals surface area contributed by atoms with E-state index in [-0.39, 0.29) is 0 Å². The van der Waals surface area contributed by atoms with Gasteiger partial charge in [-0.05, 0) is 137 Å². The van der Waals surface area contributed by atoms with Crippen LogP contribution in [0.15, 0.2) is 243 Å². The maximum absolute atomic E-state index is 2.43. The lowest BCUT2D eigenvalue weighted by Crippen LogP contribution is -2.10. The number of rotatable bonds is 7. The summed E-state index contributed by atoms with van der Waals surface area (Å²) in [5.41, 5.74) is 17.9. The number of anilines is 3. The fraction of sp³-hybridized carbons (Fsp3) is 0. The summed E-state index contributed by atoms with van der Waals surface area (Å²) in [6, 6.07) is 89.0. The van der Waals surface area contributed by atoms with E-state index < -0.39 is 0 Å². The van der Waals surface area contributed by atoms with Gasteiger partial charge in [0.15, 0.2) is 0 Å². The summed E-state index contributed by atoms with van der Waals surface area (Å²) >= 11 is 0. The number of para-hydroxylation sites is 2. The van der Waals surface area contributed by atoms with Gasteiger partial charge in [0.05, 0.1) is 11.2 Å². The minimum atomic E-state index is 1.09. The Morgan fingerprint density at radius 3 is 1.61 bits per heavy atom. The van der Waals surface area contributed by atoms with Crippen molar-refractivity contribution in [2.45, 2.75) is 0 Å². The Morgan fingerprint density at radius 1 is 0.297 bits per heavy atom. The Bertz CT molecular complexity index is 3670. The molecule has 1 aromatic heterocycles. The molecule has 64 heavy (non-hydrogen) atoms. The normalized spacial score (nSPS) is 11.8. The van der Waals surface area contributed by atoms with Crippen LogP contribution in [0.25, 0.3) is 105 Å². The first-order valence-electron chi connectivity index (χ1n) is 22.1. The van der Waals surface area contributed by atoms with E-state index >= 15 is 0 Å². The third kappa shape index (κ3) is 5.73. The minimum absolute atomic E-state index is 1.09. The highest BCUT2D eigenvalue weighted by Crippen LogP contribution is 2.50. The molecule has 0 amide bonds. The lowest BCUT2D eigenvalue weighted by atomic mass is 9.97. The molecule has 298 valence electrons. The molecule has 1 aliphatic carbocycles. The molecule has 2 heteroatoms. The summed E-state index contributed by atoms with van der Waals surface area (Å²) in [6.45, 7) is 0. The standard InChI is InChI=1S/C62H40N2/c1-3-14-45(15-4-1)61-56-21-9-10-24-59(56)64(48-18-5-2-6-19-48)62(61)46-31-35-50(36-32-46)63(51-37-38-53-54-22-11-16-44-17-12-23-55(60(44)54)58(53)40-51)49-33-29-41(30-34-49)47-28-27-43-26-25-42-13-7-8-20-52(42)57(43)39-47/h1-40H. The van der Waals surface area contributed by atoms with Gasteiger partial charge in [-0.2, -0.15) is 0 Å². The zero-order valence-electron chi connectivity index (χ0n) is 35.0. The van der Waals surface area contributed by atoms with Crippen LogP contribution < -0.4 is 4.90 Å². The molecule has 0 unspecified atom stereocenters. The van der Waals surface area contributed by atoms with E-state index in [0.717, 1.165) is 28.3 Å². The number of aromatic nitrogens is 1. The van der Waals surface area contributed by atoms with Gasteiger partial charge in [0.2, 0.25) is 0 Å². The second kappa shape index (κ2) is 14.6. The fourth-order valence-electron chi connectivity index (χ4n) is 10.4. The highest BCUT2D eigenvalue weighted by molar-refractivity contribution is 6.16. The van der Waals surface area contributed by atoms with Gasteiger partial charge in [0.1, 0.15) is 0 Å². The van der Waals surface area contributed by atoms with Gasteiger partial charge in [-0.15, -0.1) is 0 Å². The van der Waals surface area contributed by atoms with Crippen LogP contribution in [0.1, 0.15) is 0 Å². The quantitative estimate of drug-likeness (QED) is 0.146. The Morgan fingerprint density at radius 2 is 0.859 bits per heavy atom. The molecule has 0 radical (unpaired) electrons. The van der Waals surface area contributed by atoms with Crippen molar-refractivity contribution >= 4 is 60.3 Å². The molecule has 0 saturated carbocycles. The van der Waals surface area contributed by atoms with E-state index in [1.54, 1.807) is 0 Å². The van der Waals surface area contributed by atoms with Crippen molar-refractivity contribution in [3.63, 3.8) is 0 Å². The Hall–Kier alpha value is -8.46.